The van der Waals surface area contributed by atoms with Crippen molar-refractivity contribution >= 4 is 27.7 Å². The molecule has 21 heavy (non-hydrogen) atoms. The van der Waals surface area contributed by atoms with Gasteiger partial charge in [-0.25, -0.2) is 0 Å². The molecule has 0 amide bonds. The average Bonchev–Trinajstić information content (AvgIpc) is 2.47. The summed E-state index contributed by atoms with van der Waals surface area (Å²) < 4.78 is 1.32. The van der Waals surface area contributed by atoms with E-state index in [9.17, 15) is 4.79 Å². The van der Waals surface area contributed by atoms with Crippen LogP contribution in [0.25, 0.3) is 3.59 Å². The second-order valence-corrected chi connectivity index (χ2v) is 20.6. The number of allylic oxidation sites excluding steroid dienone is 1. The molecule has 0 radical (unpaired) electrons. The number of Topliss-reactive ketones (excluding diaryl/α,β-unsaturated/α-hetero) is 1. The molecule has 0 aromatic heterocycles. The molecule has 0 heterocycles. The van der Waals surface area contributed by atoms with Crippen molar-refractivity contribution in [2.75, 3.05) is 0 Å². The Hall–Kier alpha value is -1.35. The Labute approximate surface area is 131 Å². The van der Waals surface area contributed by atoms with Gasteiger partial charge in [-0.1, -0.05) is 0 Å². The van der Waals surface area contributed by atoms with Crippen LogP contribution in [0.15, 0.2) is 66.2 Å². The zero-order valence-electron chi connectivity index (χ0n) is 13.2. The van der Waals surface area contributed by atoms with Gasteiger partial charge in [0.2, 0.25) is 0 Å². The third kappa shape index (κ3) is 3.85. The first-order valence-electron chi connectivity index (χ1n) is 7.28. The summed E-state index contributed by atoms with van der Waals surface area (Å²) in [4.78, 5) is 19.9. The van der Waals surface area contributed by atoms with Crippen LogP contribution in [0.2, 0.25) is 14.8 Å². The number of ketones is 1. The van der Waals surface area contributed by atoms with Crippen molar-refractivity contribution < 1.29 is 4.79 Å². The molecule has 0 saturated carbocycles. The first-order valence-corrected chi connectivity index (χ1v) is 17.3. The van der Waals surface area contributed by atoms with E-state index in [4.69, 9.17) is 0 Å². The van der Waals surface area contributed by atoms with Gasteiger partial charge in [0.25, 0.3) is 0 Å². The standard InChI is InChI=1S/C16H13O.3CH3.Sn/c1-13(12-14-8-4-2-5-9-14)16(17)15-10-6-3-7-11-15;;;;/h2-11H,1H3;3*1H3;. The van der Waals surface area contributed by atoms with Crippen LogP contribution in [0.4, 0.5) is 0 Å². The Balaban J connectivity index is 2.57. The van der Waals surface area contributed by atoms with Crippen molar-refractivity contribution in [3.8, 4) is 0 Å². The minimum absolute atomic E-state index is 0.154. The summed E-state index contributed by atoms with van der Waals surface area (Å²) in [5.41, 5.74) is 2.90. The molecule has 2 aromatic rings. The van der Waals surface area contributed by atoms with E-state index in [1.54, 1.807) is 0 Å². The maximum atomic E-state index is 12.8. The number of carbonyl (C=O) groups is 1. The molecule has 0 bridgehead atoms. The topological polar surface area (TPSA) is 17.1 Å². The van der Waals surface area contributed by atoms with Gasteiger partial charge in [-0.3, -0.25) is 0 Å². The zero-order chi connectivity index (χ0) is 15.5. The summed E-state index contributed by atoms with van der Waals surface area (Å²) in [5, 5.41) is 0. The second-order valence-electron chi connectivity index (χ2n) is 6.31. The van der Waals surface area contributed by atoms with Crippen LogP contribution in [-0.4, -0.2) is 24.2 Å². The van der Waals surface area contributed by atoms with E-state index in [1.807, 2.05) is 55.5 Å². The van der Waals surface area contributed by atoms with E-state index in [2.05, 4.69) is 27.0 Å². The predicted octanol–water partition coefficient (Wildman–Crippen LogP) is 5.22. The molecule has 0 aliphatic carbocycles. The van der Waals surface area contributed by atoms with Crippen LogP contribution in [0, 0.1) is 0 Å². The van der Waals surface area contributed by atoms with Crippen LogP contribution < -0.4 is 0 Å². The van der Waals surface area contributed by atoms with E-state index in [1.165, 1.54) is 9.15 Å². The fraction of sp³-hybridized carbons (Fsp3) is 0.211. The van der Waals surface area contributed by atoms with Crippen LogP contribution in [-0.2, 0) is 0 Å². The molecule has 0 aliphatic rings. The van der Waals surface area contributed by atoms with Crippen LogP contribution in [0.3, 0.4) is 0 Å². The quantitative estimate of drug-likeness (QED) is 0.401. The third-order valence-corrected chi connectivity index (χ3v) is 9.74. The Morgan fingerprint density at radius 1 is 0.762 bits per heavy atom. The van der Waals surface area contributed by atoms with Crippen molar-refractivity contribution in [1.29, 1.82) is 0 Å². The van der Waals surface area contributed by atoms with Crippen molar-refractivity contribution in [2.45, 2.75) is 21.7 Å². The third-order valence-electron chi connectivity index (χ3n) is 3.56. The molecule has 0 fully saturated rings. The molecule has 0 saturated heterocycles. The van der Waals surface area contributed by atoms with Crippen molar-refractivity contribution in [3.05, 3.63) is 77.4 Å². The van der Waals surface area contributed by atoms with Gasteiger partial charge in [-0.05, 0) is 0 Å². The monoisotopic (exact) mass is 386 g/mol. The number of rotatable bonds is 4. The molecular weight excluding hydrogens is 363 g/mol. The van der Waals surface area contributed by atoms with Gasteiger partial charge in [0.15, 0.2) is 0 Å². The Morgan fingerprint density at radius 3 is 1.62 bits per heavy atom. The first-order chi connectivity index (χ1) is 9.91. The Morgan fingerprint density at radius 2 is 1.19 bits per heavy atom. The molecule has 2 heteroatoms. The molecule has 0 unspecified atom stereocenters. The molecular formula is C19H22OSn. The molecule has 0 spiro atoms. The van der Waals surface area contributed by atoms with Crippen molar-refractivity contribution in [1.82, 2.24) is 0 Å². The SMILES string of the molecule is C/C(C(=O)c1ccccc1)=[C](\c1ccccc1)[Sn]([CH3])([CH3])[CH3]. The van der Waals surface area contributed by atoms with E-state index >= 15 is 0 Å². The molecule has 0 atom stereocenters. The van der Waals surface area contributed by atoms with Gasteiger partial charge in [0.1, 0.15) is 0 Å². The Bertz CT molecular complexity index is 649. The fourth-order valence-electron chi connectivity index (χ4n) is 2.74. The summed E-state index contributed by atoms with van der Waals surface area (Å²) in [7, 11) is 0. The van der Waals surface area contributed by atoms with Gasteiger partial charge in [0.05, 0.1) is 0 Å². The Kier molecular flexibility index (Phi) is 5.04. The van der Waals surface area contributed by atoms with E-state index < -0.39 is 18.4 Å². The summed E-state index contributed by atoms with van der Waals surface area (Å²) in [6.45, 7) is 1.99. The second kappa shape index (κ2) is 6.61. The van der Waals surface area contributed by atoms with Crippen molar-refractivity contribution in [3.63, 3.8) is 0 Å². The predicted molar refractivity (Wildman–Crippen MR) is 93.2 cm³/mol. The van der Waals surface area contributed by atoms with Gasteiger partial charge in [-0.2, -0.15) is 0 Å². The first kappa shape index (κ1) is 16.0. The van der Waals surface area contributed by atoms with E-state index in [0.717, 1.165) is 11.1 Å². The number of carbonyl (C=O) groups excluding carboxylic acids is 1. The van der Waals surface area contributed by atoms with E-state index in [-0.39, 0.29) is 5.78 Å². The molecule has 2 rings (SSSR count). The summed E-state index contributed by atoms with van der Waals surface area (Å²) in [5.74, 6) is 0.154. The molecule has 0 N–H and O–H groups in total. The van der Waals surface area contributed by atoms with Gasteiger partial charge < -0.3 is 0 Å². The van der Waals surface area contributed by atoms with Gasteiger partial charge in [0, 0.05) is 0 Å². The van der Waals surface area contributed by atoms with Gasteiger partial charge in [-0.15, -0.1) is 0 Å². The van der Waals surface area contributed by atoms with E-state index in [0.29, 0.717) is 0 Å². The summed E-state index contributed by atoms with van der Waals surface area (Å²) in [6, 6.07) is 19.9. The van der Waals surface area contributed by atoms with Crippen LogP contribution in [0.5, 0.6) is 0 Å². The van der Waals surface area contributed by atoms with Crippen LogP contribution >= 0.6 is 0 Å². The van der Waals surface area contributed by atoms with Crippen molar-refractivity contribution in [2.24, 2.45) is 0 Å². The minimum atomic E-state index is -2.42. The maximum absolute atomic E-state index is 12.8. The number of hydrogen-bond donors (Lipinski definition) is 0. The normalized spacial score (nSPS) is 12.8. The molecule has 0 aliphatic heterocycles. The number of hydrogen-bond acceptors (Lipinski definition) is 1. The van der Waals surface area contributed by atoms with Gasteiger partial charge >= 0.3 is 132 Å². The summed E-state index contributed by atoms with van der Waals surface area (Å²) in [6.07, 6.45) is 0. The molecule has 108 valence electrons. The summed E-state index contributed by atoms with van der Waals surface area (Å²) >= 11 is -2.42. The fourth-order valence-corrected chi connectivity index (χ4v) is 9.22. The molecule has 1 nitrogen and oxygen atoms in total. The molecule has 2 aromatic carbocycles. The zero-order valence-corrected chi connectivity index (χ0v) is 16.0. The number of benzene rings is 2. The van der Waals surface area contributed by atoms with Crippen LogP contribution in [0.1, 0.15) is 22.8 Å². The average molecular weight is 385 g/mol.